The lowest BCUT2D eigenvalue weighted by Crippen LogP contribution is -2.66. The van der Waals surface area contributed by atoms with Gasteiger partial charge in [-0.05, 0) is 75.2 Å². The van der Waals surface area contributed by atoms with Gasteiger partial charge in [0.25, 0.3) is 8.32 Å². The zero-order valence-electron chi connectivity index (χ0n) is 36.7. The molecule has 3 atom stereocenters. The first kappa shape index (κ1) is 48.5. The van der Waals surface area contributed by atoms with E-state index in [0.29, 0.717) is 13.0 Å². The maximum Gasteiger partial charge on any atom is 0.261 e. The Balaban J connectivity index is 2.46. The van der Waals surface area contributed by atoms with Crippen LogP contribution in [0, 0.1) is 0 Å². The average Bonchev–Trinajstić information content (AvgIpc) is 3.00. The Morgan fingerprint density at radius 1 is 0.698 bits per heavy atom. The Kier molecular flexibility index (Phi) is 18.0. The molecule has 0 amide bonds. The van der Waals surface area contributed by atoms with Gasteiger partial charge in [-0.2, -0.15) is 0 Å². The Bertz CT molecular complexity index is 1350. The van der Waals surface area contributed by atoms with E-state index in [1.165, 1.54) is 10.4 Å². The van der Waals surface area contributed by atoms with Crippen LogP contribution >= 0.6 is 15.9 Å². The normalized spacial score (nSPS) is 16.1. The van der Waals surface area contributed by atoms with Crippen LogP contribution in [0.4, 0.5) is 0 Å². The number of halogens is 1. The highest BCUT2D eigenvalue weighted by molar-refractivity contribution is 9.11. The molecular formula is C43H77BrO5Si4. The first-order valence-electron chi connectivity index (χ1n) is 19.8. The lowest BCUT2D eigenvalue weighted by molar-refractivity contribution is -0.125. The highest BCUT2D eigenvalue weighted by Gasteiger charge is 2.50. The minimum absolute atomic E-state index is 0.0629. The van der Waals surface area contributed by atoms with Gasteiger partial charge in [-0.15, -0.1) is 0 Å². The molecular weight excluding hydrogens is 789 g/mol. The summed E-state index contributed by atoms with van der Waals surface area (Å²) in [6.07, 6.45) is 3.28. The lowest BCUT2D eigenvalue weighted by atomic mass is 10.0. The molecule has 0 aliphatic rings. The van der Waals surface area contributed by atoms with Crippen molar-refractivity contribution in [1.29, 1.82) is 0 Å². The van der Waals surface area contributed by atoms with Crippen molar-refractivity contribution >= 4 is 59.3 Å². The van der Waals surface area contributed by atoms with Gasteiger partial charge < -0.3 is 22.8 Å². The van der Waals surface area contributed by atoms with Gasteiger partial charge in [-0.1, -0.05) is 159 Å². The van der Waals surface area contributed by atoms with E-state index in [0.717, 1.165) is 23.6 Å². The number of benzene rings is 2. The predicted octanol–water partition coefficient (Wildman–Crippen LogP) is 12.1. The van der Waals surface area contributed by atoms with Gasteiger partial charge in [0.2, 0.25) is 0 Å². The van der Waals surface area contributed by atoms with Crippen LogP contribution in [0.2, 0.25) is 67.0 Å². The SMILES string of the molecule is C[C@@H](O[Si](C)(C)C(C)(C)C)[C@@H](C[C@H](C/C(Br)=C\CO[Si](c1ccccc1)(c1ccccc1)C(C)(C)C)O[Si](C)(C)C(C)(C)C)OCOCC[Si](C)(C)C. The summed E-state index contributed by atoms with van der Waals surface area (Å²) in [5, 5.41) is 2.63. The molecule has 0 aliphatic heterocycles. The van der Waals surface area contributed by atoms with Gasteiger partial charge in [0.05, 0.1) is 24.9 Å². The van der Waals surface area contributed by atoms with E-state index in [9.17, 15) is 0 Å². The fourth-order valence-electron chi connectivity index (χ4n) is 6.03. The second kappa shape index (κ2) is 19.7. The minimum Gasteiger partial charge on any atom is -0.413 e. The molecule has 5 nitrogen and oxygen atoms in total. The quantitative estimate of drug-likeness (QED) is 0.0754. The fourth-order valence-corrected chi connectivity index (χ4v) is 14.6. The monoisotopic (exact) mass is 864 g/mol. The van der Waals surface area contributed by atoms with Crippen molar-refractivity contribution in [3.8, 4) is 0 Å². The Morgan fingerprint density at radius 2 is 1.17 bits per heavy atom. The Labute approximate surface area is 338 Å². The highest BCUT2D eigenvalue weighted by atomic mass is 79.9. The standard InChI is InChI=1S/C43H77BrO5Si4/c1-35(48-51(14,15)41(2,3)4)40(46-34-45-30-31-50(11,12)13)33-37(49-52(16,17)42(5,6)7)32-36(44)28-29-47-53(43(8,9)10,38-24-20-18-21-25-38)39-26-22-19-23-27-39/h18-28,35,37,40H,29-34H2,1-17H3/b36-28+/t35-,37+,40-/m1/s1. The summed E-state index contributed by atoms with van der Waals surface area (Å²) in [4.78, 5) is 0. The van der Waals surface area contributed by atoms with Gasteiger partial charge in [0.15, 0.2) is 16.6 Å². The Hall–Kier alpha value is -0.672. The summed E-state index contributed by atoms with van der Waals surface area (Å²) < 4.78 is 35.2. The zero-order valence-corrected chi connectivity index (χ0v) is 42.3. The van der Waals surface area contributed by atoms with Gasteiger partial charge in [-0.3, -0.25) is 0 Å². The molecule has 2 aromatic rings. The second-order valence-corrected chi connectivity index (χ2v) is 40.6. The van der Waals surface area contributed by atoms with Crippen molar-refractivity contribution in [2.75, 3.05) is 20.0 Å². The van der Waals surface area contributed by atoms with Crippen molar-refractivity contribution < 1.29 is 22.8 Å². The van der Waals surface area contributed by atoms with Crippen molar-refractivity contribution in [3.63, 3.8) is 0 Å². The molecule has 0 aliphatic carbocycles. The first-order valence-corrected chi connectivity index (χ1v) is 32.0. The van der Waals surface area contributed by atoms with Crippen LogP contribution < -0.4 is 10.4 Å². The summed E-state index contributed by atoms with van der Waals surface area (Å²) in [6, 6.07) is 22.8. The zero-order chi connectivity index (χ0) is 40.5. The number of rotatable bonds is 20. The Morgan fingerprint density at radius 3 is 1.60 bits per heavy atom. The molecule has 0 spiro atoms. The molecule has 53 heavy (non-hydrogen) atoms. The molecule has 0 saturated heterocycles. The molecule has 0 fully saturated rings. The lowest BCUT2D eigenvalue weighted by Gasteiger charge is -2.43. The molecule has 0 aromatic heterocycles. The molecule has 0 saturated carbocycles. The van der Waals surface area contributed by atoms with Gasteiger partial charge in [0, 0.05) is 27.5 Å². The third-order valence-corrected chi connectivity index (χ3v) is 27.8. The third kappa shape index (κ3) is 14.7. The molecule has 0 bridgehead atoms. The van der Waals surface area contributed by atoms with Crippen LogP contribution in [0.3, 0.4) is 0 Å². The smallest absolute Gasteiger partial charge is 0.261 e. The van der Waals surface area contributed by atoms with Crippen LogP contribution in [-0.4, -0.2) is 71.3 Å². The summed E-state index contributed by atoms with van der Waals surface area (Å²) in [5.41, 5.74) is 0. The van der Waals surface area contributed by atoms with Crippen LogP contribution in [0.25, 0.3) is 0 Å². The summed E-state index contributed by atoms with van der Waals surface area (Å²) in [7, 11) is -8.07. The second-order valence-electron chi connectivity index (χ2n) is 20.2. The average molecular weight is 866 g/mol. The topological polar surface area (TPSA) is 46.2 Å². The molecule has 0 N–H and O–H groups in total. The molecule has 10 heteroatoms. The van der Waals surface area contributed by atoms with Crippen molar-refractivity contribution in [3.05, 3.63) is 71.2 Å². The van der Waals surface area contributed by atoms with E-state index in [-0.39, 0.29) is 40.2 Å². The number of ether oxygens (including phenoxy) is 2. The largest absolute Gasteiger partial charge is 0.413 e. The van der Waals surface area contributed by atoms with Crippen molar-refractivity contribution in [2.45, 2.75) is 167 Å². The van der Waals surface area contributed by atoms with Gasteiger partial charge >= 0.3 is 0 Å². The molecule has 0 radical (unpaired) electrons. The van der Waals surface area contributed by atoms with E-state index < -0.39 is 33.0 Å². The van der Waals surface area contributed by atoms with Gasteiger partial charge in [0.1, 0.15) is 6.79 Å². The highest BCUT2D eigenvalue weighted by Crippen LogP contribution is 2.41. The maximum absolute atomic E-state index is 7.24. The maximum atomic E-state index is 7.24. The van der Waals surface area contributed by atoms with E-state index in [1.54, 1.807) is 0 Å². The van der Waals surface area contributed by atoms with E-state index in [2.05, 4.69) is 198 Å². The van der Waals surface area contributed by atoms with Crippen LogP contribution in [0.15, 0.2) is 71.2 Å². The molecule has 0 unspecified atom stereocenters. The number of hydrogen-bond acceptors (Lipinski definition) is 5. The van der Waals surface area contributed by atoms with Crippen LogP contribution in [-0.2, 0) is 22.8 Å². The third-order valence-electron chi connectivity index (χ3n) is 11.4. The minimum atomic E-state index is -2.67. The molecule has 0 heterocycles. The molecule has 302 valence electrons. The molecule has 2 rings (SSSR count). The van der Waals surface area contributed by atoms with Crippen LogP contribution in [0.1, 0.15) is 82.1 Å². The van der Waals surface area contributed by atoms with Crippen molar-refractivity contribution in [2.24, 2.45) is 0 Å². The van der Waals surface area contributed by atoms with Crippen LogP contribution in [0.5, 0.6) is 0 Å². The fraction of sp³-hybridized carbons (Fsp3) is 0.674. The first-order chi connectivity index (χ1) is 24.1. The van der Waals surface area contributed by atoms with E-state index in [1.807, 2.05) is 0 Å². The summed E-state index contributed by atoms with van der Waals surface area (Å²) in [6.45, 7) is 40.9. The van der Waals surface area contributed by atoms with Gasteiger partial charge in [-0.25, -0.2) is 0 Å². The van der Waals surface area contributed by atoms with E-state index >= 15 is 0 Å². The van der Waals surface area contributed by atoms with E-state index in [4.69, 9.17) is 22.8 Å². The summed E-state index contributed by atoms with van der Waals surface area (Å²) in [5.74, 6) is 0. The predicted molar refractivity (Wildman–Crippen MR) is 243 cm³/mol. The van der Waals surface area contributed by atoms with Crippen molar-refractivity contribution in [1.82, 2.24) is 0 Å². The molecule has 2 aromatic carbocycles. The summed E-state index contributed by atoms with van der Waals surface area (Å²) >= 11 is 4.01. The number of hydrogen-bond donors (Lipinski definition) is 0.